The van der Waals surface area contributed by atoms with Gasteiger partial charge in [-0.2, -0.15) is 0 Å². The van der Waals surface area contributed by atoms with Crippen molar-refractivity contribution in [3.05, 3.63) is 57.6 Å². The summed E-state index contributed by atoms with van der Waals surface area (Å²) >= 11 is 12.6. The maximum absolute atomic E-state index is 12.7. The summed E-state index contributed by atoms with van der Waals surface area (Å²) in [6.07, 6.45) is 0. The number of benzene rings is 2. The minimum absolute atomic E-state index is 0.229. The molecule has 2 aromatic carbocycles. The zero-order valence-corrected chi connectivity index (χ0v) is 15.5. The van der Waals surface area contributed by atoms with Crippen LogP contribution in [0.25, 0.3) is 0 Å². The molecule has 118 valence electrons. The molecule has 0 saturated carbocycles. The Kier molecular flexibility index (Phi) is 5.70. The molecular weight excluding hydrogens is 335 g/mol. The number of hydrogen-bond donors (Lipinski definition) is 0. The summed E-state index contributed by atoms with van der Waals surface area (Å²) in [5, 5.41) is 1.15. The molecule has 1 nitrogen and oxygen atoms in total. The lowest BCUT2D eigenvalue weighted by molar-refractivity contribution is 0.683. The largest absolute Gasteiger partial charge is 0.249 e. The molecule has 0 saturated heterocycles. The van der Waals surface area contributed by atoms with Gasteiger partial charge in [-0.1, -0.05) is 63.0 Å². The summed E-state index contributed by atoms with van der Waals surface area (Å²) in [7, 11) is -1.28. The maximum Gasteiger partial charge on any atom is 0.0850 e. The molecule has 0 bridgehead atoms. The molecule has 22 heavy (non-hydrogen) atoms. The van der Waals surface area contributed by atoms with Gasteiger partial charge in [-0.3, -0.25) is 0 Å². The molecule has 0 N–H and O–H groups in total. The Hall–Kier alpha value is -0.830. The third kappa shape index (κ3) is 3.73. The van der Waals surface area contributed by atoms with E-state index in [0.29, 0.717) is 20.9 Å². The molecule has 2 rings (SSSR count). The van der Waals surface area contributed by atoms with Crippen LogP contribution in [-0.4, -0.2) is 4.21 Å². The van der Waals surface area contributed by atoms with Gasteiger partial charge in [0.15, 0.2) is 0 Å². The van der Waals surface area contributed by atoms with Gasteiger partial charge in [0.1, 0.15) is 0 Å². The molecule has 1 unspecified atom stereocenters. The van der Waals surface area contributed by atoms with Crippen molar-refractivity contribution in [2.24, 2.45) is 0 Å². The summed E-state index contributed by atoms with van der Waals surface area (Å²) in [4.78, 5) is 1.39. The van der Waals surface area contributed by atoms with Crippen molar-refractivity contribution in [2.45, 2.75) is 49.3 Å². The lowest BCUT2D eigenvalue weighted by Gasteiger charge is -2.13. The highest BCUT2D eigenvalue weighted by molar-refractivity contribution is 7.85. The van der Waals surface area contributed by atoms with Crippen LogP contribution in [0.1, 0.15) is 50.7 Å². The second-order valence-electron chi connectivity index (χ2n) is 5.95. The SMILES string of the molecule is CC(C)c1ccc(S(=O)c2cc(Cl)c(C(C)C)c(Cl)c2)cc1. The van der Waals surface area contributed by atoms with E-state index in [0.717, 1.165) is 10.5 Å². The van der Waals surface area contributed by atoms with Crippen LogP contribution < -0.4 is 0 Å². The smallest absolute Gasteiger partial charge is 0.0850 e. The Bertz CT molecular complexity index is 668. The van der Waals surface area contributed by atoms with Crippen LogP contribution in [0.3, 0.4) is 0 Å². The highest BCUT2D eigenvalue weighted by Gasteiger charge is 2.15. The molecule has 0 heterocycles. The summed E-state index contributed by atoms with van der Waals surface area (Å²) in [6, 6.07) is 11.4. The fourth-order valence-electron chi connectivity index (χ4n) is 2.33. The predicted molar refractivity (Wildman–Crippen MR) is 95.8 cm³/mol. The molecule has 0 aliphatic carbocycles. The molecule has 4 heteroatoms. The summed E-state index contributed by atoms with van der Waals surface area (Å²) in [6.45, 7) is 8.34. The topological polar surface area (TPSA) is 17.1 Å². The van der Waals surface area contributed by atoms with Crippen LogP contribution in [0.15, 0.2) is 46.2 Å². The van der Waals surface area contributed by atoms with Gasteiger partial charge >= 0.3 is 0 Å². The first kappa shape index (κ1) is 17.5. The first-order valence-corrected chi connectivity index (χ1v) is 9.22. The Morgan fingerprint density at radius 2 is 1.32 bits per heavy atom. The summed E-state index contributed by atoms with van der Waals surface area (Å²) in [5.74, 6) is 0.685. The molecule has 0 aliphatic rings. The van der Waals surface area contributed by atoms with Gasteiger partial charge < -0.3 is 0 Å². The van der Waals surface area contributed by atoms with Gasteiger partial charge in [-0.05, 0) is 47.2 Å². The first-order chi connectivity index (χ1) is 10.3. The number of hydrogen-bond acceptors (Lipinski definition) is 1. The van der Waals surface area contributed by atoms with E-state index in [2.05, 4.69) is 13.8 Å². The van der Waals surface area contributed by atoms with E-state index in [-0.39, 0.29) is 5.92 Å². The van der Waals surface area contributed by atoms with Crippen molar-refractivity contribution >= 4 is 34.0 Å². The standard InChI is InChI=1S/C18H20Cl2OS/c1-11(2)13-5-7-14(8-6-13)22(21)15-9-16(19)18(12(3)4)17(20)10-15/h5-12H,1-4H3. The lowest BCUT2D eigenvalue weighted by atomic mass is 10.0. The minimum atomic E-state index is -1.28. The Morgan fingerprint density at radius 1 is 0.818 bits per heavy atom. The van der Waals surface area contributed by atoms with Gasteiger partial charge in [0.25, 0.3) is 0 Å². The second kappa shape index (κ2) is 7.16. The molecular formula is C18H20Cl2OS. The van der Waals surface area contributed by atoms with Crippen molar-refractivity contribution in [1.82, 2.24) is 0 Å². The van der Waals surface area contributed by atoms with Crippen LogP contribution in [0.4, 0.5) is 0 Å². The first-order valence-electron chi connectivity index (χ1n) is 7.32. The molecule has 0 amide bonds. The summed E-state index contributed by atoms with van der Waals surface area (Å²) < 4.78 is 12.7. The molecule has 2 aromatic rings. The van der Waals surface area contributed by atoms with E-state index in [1.807, 2.05) is 38.1 Å². The predicted octanol–water partition coefficient (Wildman–Crippen LogP) is 6.41. The van der Waals surface area contributed by atoms with Crippen LogP contribution in [0.5, 0.6) is 0 Å². The van der Waals surface area contributed by atoms with Gasteiger partial charge in [0.2, 0.25) is 0 Å². The Balaban J connectivity index is 2.37. The van der Waals surface area contributed by atoms with Crippen molar-refractivity contribution in [3.8, 4) is 0 Å². The van der Waals surface area contributed by atoms with Crippen LogP contribution in [-0.2, 0) is 10.8 Å². The fourth-order valence-corrected chi connectivity index (χ4v) is 4.49. The van der Waals surface area contributed by atoms with Crippen molar-refractivity contribution in [3.63, 3.8) is 0 Å². The second-order valence-corrected chi connectivity index (χ2v) is 8.24. The van der Waals surface area contributed by atoms with Crippen molar-refractivity contribution in [1.29, 1.82) is 0 Å². The molecule has 0 radical (unpaired) electrons. The Labute approximate surface area is 145 Å². The third-order valence-corrected chi connectivity index (χ3v) is 5.59. The van der Waals surface area contributed by atoms with E-state index in [4.69, 9.17) is 23.2 Å². The van der Waals surface area contributed by atoms with E-state index in [9.17, 15) is 4.21 Å². The average Bonchev–Trinajstić information content (AvgIpc) is 2.45. The average molecular weight is 355 g/mol. The fraction of sp³-hybridized carbons (Fsp3) is 0.333. The van der Waals surface area contributed by atoms with Gasteiger partial charge in [0, 0.05) is 19.8 Å². The van der Waals surface area contributed by atoms with Crippen LogP contribution in [0, 0.1) is 0 Å². The van der Waals surface area contributed by atoms with E-state index in [1.165, 1.54) is 5.56 Å². The van der Waals surface area contributed by atoms with E-state index >= 15 is 0 Å². The molecule has 1 atom stereocenters. The Morgan fingerprint density at radius 3 is 1.73 bits per heavy atom. The third-order valence-electron chi connectivity index (χ3n) is 3.60. The van der Waals surface area contributed by atoms with Crippen LogP contribution in [0.2, 0.25) is 10.0 Å². The number of rotatable bonds is 4. The number of halogens is 2. The highest BCUT2D eigenvalue weighted by atomic mass is 35.5. The van der Waals surface area contributed by atoms with E-state index < -0.39 is 10.8 Å². The molecule has 0 aromatic heterocycles. The normalized spacial score (nSPS) is 12.9. The lowest BCUT2D eigenvalue weighted by Crippen LogP contribution is -1.98. The van der Waals surface area contributed by atoms with Crippen molar-refractivity contribution in [2.75, 3.05) is 0 Å². The highest BCUT2D eigenvalue weighted by Crippen LogP contribution is 2.34. The van der Waals surface area contributed by atoms with Gasteiger partial charge in [-0.15, -0.1) is 0 Å². The summed E-state index contributed by atoms with van der Waals surface area (Å²) in [5.41, 5.74) is 2.13. The quantitative estimate of drug-likeness (QED) is 0.619. The van der Waals surface area contributed by atoms with Crippen molar-refractivity contribution < 1.29 is 4.21 Å². The minimum Gasteiger partial charge on any atom is -0.249 e. The maximum atomic E-state index is 12.7. The zero-order chi connectivity index (χ0) is 16.4. The van der Waals surface area contributed by atoms with Gasteiger partial charge in [0.05, 0.1) is 10.8 Å². The monoisotopic (exact) mass is 354 g/mol. The molecule has 0 aliphatic heterocycles. The zero-order valence-electron chi connectivity index (χ0n) is 13.2. The molecule has 0 spiro atoms. The van der Waals surface area contributed by atoms with E-state index in [1.54, 1.807) is 12.1 Å². The molecule has 0 fully saturated rings. The van der Waals surface area contributed by atoms with Gasteiger partial charge in [-0.25, -0.2) is 4.21 Å². The van der Waals surface area contributed by atoms with Crippen LogP contribution >= 0.6 is 23.2 Å².